The van der Waals surface area contributed by atoms with E-state index in [-0.39, 0.29) is 396 Å². The summed E-state index contributed by atoms with van der Waals surface area (Å²) in [7, 11) is -22.7. The number of carbonyl (C=O) groups excluding carboxylic acids is 1. The second-order valence-electron chi connectivity index (χ2n) is 22.5. The van der Waals surface area contributed by atoms with Crippen LogP contribution in [0.25, 0.3) is 21.5 Å². The van der Waals surface area contributed by atoms with Crippen molar-refractivity contribution in [3.05, 3.63) is 102 Å². The Balaban J connectivity index is 0. The molecule has 0 aliphatic rings. The number of phenols is 2. The van der Waals surface area contributed by atoms with Gasteiger partial charge in [0.2, 0.25) is 10.4 Å². The van der Waals surface area contributed by atoms with Crippen LogP contribution in [-0.2, 0) is 123 Å². The number of aromatic hydroxyl groups is 2. The van der Waals surface area contributed by atoms with E-state index in [9.17, 15) is 106 Å². The fourth-order valence-corrected chi connectivity index (χ4v) is 18.2. The number of carboxylic acid groups (broad SMARTS) is 1. The first-order valence-electron chi connectivity index (χ1n) is 31.6. The summed E-state index contributed by atoms with van der Waals surface area (Å²) < 4.78 is 233. The number of rotatable bonds is 46. The summed E-state index contributed by atoms with van der Waals surface area (Å²) in [6, 6.07) is 15.4. The van der Waals surface area contributed by atoms with E-state index in [1.165, 1.54) is 64.5 Å². The Morgan fingerprint density at radius 1 is 0.411 bits per heavy atom. The van der Waals surface area contributed by atoms with Gasteiger partial charge in [-0.25, -0.2) is 50.5 Å². The first-order valence-corrected chi connectivity index (χ1v) is 44.4. The van der Waals surface area contributed by atoms with Gasteiger partial charge in [-0.05, 0) is 91.0 Å². The molecule has 0 fully saturated rings. The third kappa shape index (κ3) is 37.3. The number of sulfone groups is 4. The van der Waals surface area contributed by atoms with Crippen molar-refractivity contribution in [2.45, 2.75) is 48.1 Å². The number of benzene rings is 8. The minimum atomic E-state index is -5.48. The van der Waals surface area contributed by atoms with Gasteiger partial charge in [0.1, 0.15) is 77.8 Å². The van der Waals surface area contributed by atoms with Gasteiger partial charge in [0.25, 0.3) is 0 Å². The number of carboxylic acids is 1. The van der Waals surface area contributed by atoms with Gasteiger partial charge in [-0.15, -0.1) is 53.9 Å². The summed E-state index contributed by atoms with van der Waals surface area (Å²) in [6.45, 7) is 0.575. The Morgan fingerprint density at radius 2 is 0.806 bits per heavy atom. The van der Waals surface area contributed by atoms with Gasteiger partial charge in [0.15, 0.2) is 87.8 Å². The first-order chi connectivity index (χ1) is 57.2. The van der Waals surface area contributed by atoms with E-state index in [1.807, 2.05) is 0 Å². The standard InChI is InChI=1S/C30H33N5O22S6.C29H29N5O19S5.8Na/c1-15-9-17(19(49-2)13-23(15)60(39,40)7-5-52-59-57-55-38)32-34-28-22(58-56-54-37)10-16-11-25(62(43,44)45)29(27(31)26(16)30(28)36)35-33-18-12-21(51-4)24(14-20(18)50-3)61(41,42)8-6-53-63(46,47)48;1-15-11-22(23(45-2)14-25(15)58(43,44)10-8-47-56-53-50-40)32-34-27-24(54-51-48-38)13-18-17(28(27)35)4-5-20(30)26(18)33-31-21-6-3-16(12-19(21)29(36)37)57(41,42)9-7-46-55-52-49-39;;;;;;;;/h9-14,36-38H,5-8,31H2,1-4H3,(H,43,44,45)(H,46,47,48);3-6,11-14,35,38-40H,7-10,30H2,1-2H3,(H,36,37);;;;;;;;/q;;8*+1/p-8. The van der Waals surface area contributed by atoms with Crippen LogP contribution in [0, 0.1) is 13.8 Å². The van der Waals surface area contributed by atoms with Crippen molar-refractivity contribution in [2.24, 2.45) is 40.9 Å². The molecule has 0 aliphatic carbocycles. The predicted molar refractivity (Wildman–Crippen MR) is 398 cm³/mol. The second-order valence-corrected chi connectivity index (χ2v) is 36.2. The number of anilines is 2. The second kappa shape index (κ2) is 61.7. The Hall–Kier alpha value is -0.840. The van der Waals surface area contributed by atoms with Crippen molar-refractivity contribution in [1.29, 1.82) is 0 Å². The molecule has 660 valence electrons. The molecule has 51 nitrogen and oxygen atoms in total. The molecule has 0 unspecified atom stereocenters. The summed E-state index contributed by atoms with van der Waals surface area (Å²) in [5.41, 5.74) is 8.86. The summed E-state index contributed by atoms with van der Waals surface area (Å²) in [5, 5.41) is 134. The van der Waals surface area contributed by atoms with Crippen LogP contribution in [-0.4, -0.2) is 154 Å². The van der Waals surface area contributed by atoms with Crippen LogP contribution in [0.1, 0.15) is 21.5 Å². The van der Waals surface area contributed by atoms with Crippen molar-refractivity contribution in [3.63, 3.8) is 0 Å². The van der Waals surface area contributed by atoms with E-state index in [0.29, 0.717) is 12.0 Å². The number of ether oxygens (including phenoxy) is 4. The molecule has 6 N–H and O–H groups in total. The van der Waals surface area contributed by atoms with Gasteiger partial charge in [-0.2, -0.15) is 8.67 Å². The van der Waals surface area contributed by atoms with Crippen LogP contribution < -0.4 is 298 Å². The molecule has 8 rings (SSSR count). The van der Waals surface area contributed by atoms with E-state index in [4.69, 9.17) is 43.0 Å². The van der Waals surface area contributed by atoms with E-state index < -0.39 is 169 Å². The number of carbonyl (C=O) groups is 1. The molecule has 0 heterocycles. The van der Waals surface area contributed by atoms with Gasteiger partial charge in [-0.1, -0.05) is 0 Å². The molecule has 0 aliphatic heterocycles. The first kappa shape index (κ1) is 130. The number of azo groups is 4. The van der Waals surface area contributed by atoms with Crippen LogP contribution in [0.3, 0.4) is 0 Å². The van der Waals surface area contributed by atoms with Crippen LogP contribution in [0.5, 0.6) is 34.5 Å². The molecule has 0 radical (unpaired) electrons. The summed E-state index contributed by atoms with van der Waals surface area (Å²) >= 11 is 0.797. The molecule has 129 heavy (non-hydrogen) atoms. The van der Waals surface area contributed by atoms with Crippen molar-refractivity contribution in [1.82, 2.24) is 0 Å². The number of hydrogen-bond donors (Lipinski definition) is 4. The van der Waals surface area contributed by atoms with Crippen LogP contribution in [0.15, 0.2) is 160 Å². The minimum absolute atomic E-state index is 0. The van der Waals surface area contributed by atoms with Crippen LogP contribution in [0.4, 0.5) is 56.9 Å². The number of nitrogens with two attached hydrogens (primary N) is 2. The smallest absolute Gasteiger partial charge is 0.744 e. The van der Waals surface area contributed by atoms with Crippen molar-refractivity contribution in [3.8, 4) is 34.5 Å². The van der Waals surface area contributed by atoms with E-state index in [1.54, 1.807) is 0 Å². The van der Waals surface area contributed by atoms with Crippen LogP contribution >= 0.6 is 61.1 Å². The molecule has 70 heteroatoms. The molecule has 0 saturated carbocycles. The zero-order chi connectivity index (χ0) is 89.4. The monoisotopic (exact) mass is 2090 g/mol. The fraction of sp³-hybridized carbons (Fsp3) is 0.237. The summed E-state index contributed by atoms with van der Waals surface area (Å²) in [4.78, 5) is 9.17. The van der Waals surface area contributed by atoms with E-state index >= 15 is 0 Å². The maximum atomic E-state index is 13.0. The van der Waals surface area contributed by atoms with Gasteiger partial charge in [0, 0.05) is 40.6 Å². The fourth-order valence-electron chi connectivity index (χ4n) is 10.1. The molecule has 8 aromatic carbocycles. The Bertz CT molecular complexity index is 6010. The van der Waals surface area contributed by atoms with Crippen molar-refractivity contribution in [2.75, 3.05) is 89.3 Å². The SMILES string of the molecule is COc1cc(S(=O)(=O)CCOS(=O)(=O)[O-])c(OC)cc1N=Nc1c(S(=O)(=O)[O-])cc2cc(SOO[O-])c(N=Nc3cc(C)c(S(=O)(=O)CCOSOO[O-])cc3OC)c(O)c2c1N.COc1cc(S(=O)(=O)CCOSOO[O-])c(C)cc1N=Nc1c(SOO[O-])cc2c(N=Nc3ccc(S(=O)(=O)CCOSOO[O-])cc3C(=O)[O-])c(N)ccc2c1O.[Na+].[Na+].[Na+].[Na+].[Na+].[Na+].[Na+].[Na+]. The summed E-state index contributed by atoms with van der Waals surface area (Å²) in [5.74, 6) is -6.96. The number of phenolic OH excluding ortho intramolecular Hbond substituents is 2. The number of nitrogens with zero attached hydrogens (tertiary/aromatic N) is 8. The number of aromatic carboxylic acids is 1. The third-order valence-corrected chi connectivity index (χ3v) is 26.0. The normalized spacial score (nSPS) is 11.8. The number of fused-ring (bicyclic) bond motifs is 2. The molecule has 0 bridgehead atoms. The van der Waals surface area contributed by atoms with Crippen molar-refractivity contribution >= 4 is 205 Å². The average molecular weight is 2100 g/mol. The number of nitrogen functional groups attached to an aromatic ring is 2. The predicted octanol–water partition coefficient (Wildman–Crippen LogP) is -19.7. The maximum Gasteiger partial charge on any atom is 1.00 e. The van der Waals surface area contributed by atoms with Gasteiger partial charge in [0.05, 0.1) is 160 Å². The Kier molecular flexibility index (Phi) is 62.2. The van der Waals surface area contributed by atoms with Gasteiger partial charge >= 0.3 is 236 Å². The molecule has 0 aromatic heterocycles. The zero-order valence-corrected chi connectivity index (χ0v) is 94.3. The molecule has 0 saturated heterocycles. The minimum Gasteiger partial charge on any atom is -0.744 e. The Morgan fingerprint density at radius 3 is 1.24 bits per heavy atom. The summed E-state index contributed by atoms with van der Waals surface area (Å²) in [6.07, 6.45) is 0. The van der Waals surface area contributed by atoms with E-state index in [2.05, 4.69) is 92.0 Å². The third-order valence-electron chi connectivity index (χ3n) is 15.3. The van der Waals surface area contributed by atoms with Gasteiger partial charge < -0.3 is 85.9 Å². The number of methoxy groups -OCH3 is 4. The van der Waals surface area contributed by atoms with Crippen LogP contribution in [0.2, 0.25) is 0 Å². The average Bonchev–Trinajstić information content (AvgIpc) is 0.757. The molecule has 0 atom stereocenters. The van der Waals surface area contributed by atoms with Crippen molar-refractivity contribution < 1.29 is 425 Å². The number of aryl methyl sites for hydroxylation is 2. The number of hydrogen-bond acceptors (Lipinski definition) is 56. The Labute approximate surface area is 930 Å². The molecular formula is C59H54N10Na8O41S11. The van der Waals surface area contributed by atoms with E-state index in [0.717, 1.165) is 62.8 Å². The molecule has 0 spiro atoms. The molecule has 0 amide bonds. The van der Waals surface area contributed by atoms with Gasteiger partial charge in [-0.3, -0.25) is 41.9 Å². The largest absolute Gasteiger partial charge is 1.00 e. The molecular weight excluding hydrogens is 2040 g/mol. The quantitative estimate of drug-likeness (QED) is 0.00317. The molecule has 8 aromatic rings. The maximum absolute atomic E-state index is 13.0. The zero-order valence-electron chi connectivity index (χ0n) is 69.3. The topological polar surface area (TPSA) is 764 Å².